The minimum atomic E-state index is 0. The van der Waals surface area contributed by atoms with E-state index in [0.717, 1.165) is 41.2 Å². The molecule has 1 aliphatic rings. The first-order chi connectivity index (χ1) is 14.3. The Morgan fingerprint density at radius 1 is 1.17 bits per heavy atom. The summed E-state index contributed by atoms with van der Waals surface area (Å²) in [5.74, 6) is 3.26. The molecule has 0 spiro atoms. The molecule has 0 atom stereocenters. The van der Waals surface area contributed by atoms with Gasteiger partial charge in [-0.3, -0.25) is 9.56 Å². The highest BCUT2D eigenvalue weighted by Gasteiger charge is 2.22. The summed E-state index contributed by atoms with van der Waals surface area (Å²) in [6, 6.07) is 12.2. The lowest BCUT2D eigenvalue weighted by atomic mass is 10.2. The second-order valence-electron chi connectivity index (χ2n) is 7.14. The van der Waals surface area contributed by atoms with E-state index in [1.54, 1.807) is 19.6 Å². The third-order valence-corrected chi connectivity index (χ3v) is 4.85. The van der Waals surface area contributed by atoms with Crippen molar-refractivity contribution in [1.82, 2.24) is 25.2 Å². The summed E-state index contributed by atoms with van der Waals surface area (Å²) >= 11 is 0. The standard InChI is InChI=1S/C22H26N6O.HI/c1-23-22(26-13-18-8-9-21(25-12-18)28-11-10-24-16-28)27-14-19-4-2-3-5-20(19)29-15-17-6-7-17;/h2-5,8-12,16-17H,6-7,13-15H2,1H3,(H2,23,26,27);1H. The summed E-state index contributed by atoms with van der Waals surface area (Å²) in [6.45, 7) is 2.10. The number of ether oxygens (including phenoxy) is 1. The normalized spacial score (nSPS) is 13.4. The van der Waals surface area contributed by atoms with E-state index in [1.807, 2.05) is 47.3 Å². The van der Waals surface area contributed by atoms with E-state index >= 15 is 0 Å². The van der Waals surface area contributed by atoms with Crippen molar-refractivity contribution < 1.29 is 4.74 Å². The average Bonchev–Trinajstić information content (AvgIpc) is 3.44. The van der Waals surface area contributed by atoms with Crippen molar-refractivity contribution >= 4 is 29.9 Å². The van der Waals surface area contributed by atoms with Crippen molar-refractivity contribution in [3.63, 3.8) is 0 Å². The van der Waals surface area contributed by atoms with Crippen LogP contribution in [0.25, 0.3) is 5.82 Å². The maximum atomic E-state index is 5.98. The lowest BCUT2D eigenvalue weighted by Gasteiger charge is -2.15. The Bertz CT molecular complexity index is 939. The van der Waals surface area contributed by atoms with Gasteiger partial charge < -0.3 is 15.4 Å². The number of nitrogens with one attached hydrogen (secondary N) is 2. The Morgan fingerprint density at radius 3 is 2.70 bits per heavy atom. The van der Waals surface area contributed by atoms with Crippen molar-refractivity contribution in [3.05, 3.63) is 72.4 Å². The minimum Gasteiger partial charge on any atom is -0.493 e. The van der Waals surface area contributed by atoms with Gasteiger partial charge in [0.05, 0.1) is 6.61 Å². The summed E-state index contributed by atoms with van der Waals surface area (Å²) in [5.41, 5.74) is 2.20. The second-order valence-corrected chi connectivity index (χ2v) is 7.14. The number of hydrogen-bond donors (Lipinski definition) is 2. The van der Waals surface area contributed by atoms with Crippen LogP contribution in [0.5, 0.6) is 5.75 Å². The molecule has 2 heterocycles. The van der Waals surface area contributed by atoms with Crippen LogP contribution in [0.4, 0.5) is 0 Å². The topological polar surface area (TPSA) is 76.4 Å². The smallest absolute Gasteiger partial charge is 0.191 e. The van der Waals surface area contributed by atoms with Crippen LogP contribution in [-0.2, 0) is 13.1 Å². The molecule has 0 bridgehead atoms. The van der Waals surface area contributed by atoms with Gasteiger partial charge in [-0.1, -0.05) is 24.3 Å². The van der Waals surface area contributed by atoms with Crippen LogP contribution in [0, 0.1) is 5.92 Å². The third kappa shape index (κ3) is 6.19. The molecular formula is C22H27IN6O. The molecule has 3 aromatic rings. The maximum absolute atomic E-state index is 5.98. The lowest BCUT2D eigenvalue weighted by molar-refractivity contribution is 0.296. The van der Waals surface area contributed by atoms with Crippen LogP contribution in [0.1, 0.15) is 24.0 Å². The average molecular weight is 518 g/mol. The number of para-hydroxylation sites is 1. The van der Waals surface area contributed by atoms with Gasteiger partial charge in [0.1, 0.15) is 17.9 Å². The number of aliphatic imine (C=N–C) groups is 1. The minimum absolute atomic E-state index is 0. The molecule has 1 aliphatic carbocycles. The molecule has 1 saturated carbocycles. The first-order valence-corrected chi connectivity index (χ1v) is 9.90. The monoisotopic (exact) mass is 518 g/mol. The molecule has 158 valence electrons. The van der Waals surface area contributed by atoms with Crippen molar-refractivity contribution in [2.45, 2.75) is 25.9 Å². The summed E-state index contributed by atoms with van der Waals surface area (Å²) in [6.07, 6.45) is 9.78. The Morgan fingerprint density at radius 2 is 2.00 bits per heavy atom. The number of imidazole rings is 1. The molecule has 2 aromatic heterocycles. The Hall–Kier alpha value is -2.62. The number of pyridine rings is 1. The Labute approximate surface area is 194 Å². The van der Waals surface area contributed by atoms with Crippen molar-refractivity contribution in [2.75, 3.05) is 13.7 Å². The van der Waals surface area contributed by atoms with Crippen LogP contribution < -0.4 is 15.4 Å². The molecule has 0 saturated heterocycles. The van der Waals surface area contributed by atoms with E-state index in [0.29, 0.717) is 13.1 Å². The fourth-order valence-electron chi connectivity index (χ4n) is 2.94. The lowest BCUT2D eigenvalue weighted by Crippen LogP contribution is -2.36. The van der Waals surface area contributed by atoms with E-state index in [1.165, 1.54) is 12.8 Å². The molecule has 2 N–H and O–H groups in total. The van der Waals surface area contributed by atoms with E-state index in [-0.39, 0.29) is 24.0 Å². The summed E-state index contributed by atoms with van der Waals surface area (Å²) in [5, 5.41) is 6.69. The maximum Gasteiger partial charge on any atom is 0.191 e. The molecule has 1 fully saturated rings. The number of hydrogen-bond acceptors (Lipinski definition) is 4. The highest BCUT2D eigenvalue weighted by Crippen LogP contribution is 2.30. The molecular weight excluding hydrogens is 491 g/mol. The van der Waals surface area contributed by atoms with Crippen molar-refractivity contribution in [2.24, 2.45) is 10.9 Å². The van der Waals surface area contributed by atoms with Crippen LogP contribution in [0.3, 0.4) is 0 Å². The van der Waals surface area contributed by atoms with Crippen molar-refractivity contribution in [3.8, 4) is 11.6 Å². The van der Waals surface area contributed by atoms with Crippen molar-refractivity contribution in [1.29, 1.82) is 0 Å². The number of halogens is 1. The van der Waals surface area contributed by atoms with Crippen LogP contribution >= 0.6 is 24.0 Å². The molecule has 0 radical (unpaired) electrons. The number of guanidine groups is 1. The fraction of sp³-hybridized carbons (Fsp3) is 0.318. The number of aromatic nitrogens is 3. The Kier molecular flexibility index (Phi) is 8.06. The number of nitrogens with zero attached hydrogens (tertiary/aromatic N) is 4. The van der Waals surface area contributed by atoms with Gasteiger partial charge in [-0.25, -0.2) is 9.97 Å². The van der Waals surface area contributed by atoms with Gasteiger partial charge in [-0.15, -0.1) is 24.0 Å². The molecule has 4 rings (SSSR count). The first kappa shape index (κ1) is 22.1. The zero-order valence-corrected chi connectivity index (χ0v) is 19.3. The van der Waals surface area contributed by atoms with Gasteiger partial charge in [0.15, 0.2) is 5.96 Å². The zero-order chi connectivity index (χ0) is 19.9. The van der Waals surface area contributed by atoms with Gasteiger partial charge in [0.25, 0.3) is 0 Å². The number of benzene rings is 1. The number of rotatable bonds is 8. The van der Waals surface area contributed by atoms with E-state index in [9.17, 15) is 0 Å². The van der Waals surface area contributed by atoms with Gasteiger partial charge >= 0.3 is 0 Å². The van der Waals surface area contributed by atoms with E-state index in [4.69, 9.17) is 4.74 Å². The third-order valence-electron chi connectivity index (χ3n) is 4.85. The second kappa shape index (κ2) is 11.0. The van der Waals surface area contributed by atoms with Gasteiger partial charge in [-0.2, -0.15) is 0 Å². The molecule has 8 heteroatoms. The van der Waals surface area contributed by atoms with Crippen LogP contribution in [-0.4, -0.2) is 34.1 Å². The Balaban J connectivity index is 0.00000256. The first-order valence-electron chi connectivity index (χ1n) is 9.90. The molecule has 30 heavy (non-hydrogen) atoms. The van der Waals surface area contributed by atoms with Crippen LogP contribution in [0.15, 0.2) is 66.3 Å². The highest BCUT2D eigenvalue weighted by atomic mass is 127. The van der Waals surface area contributed by atoms with E-state index in [2.05, 4.69) is 31.7 Å². The quantitative estimate of drug-likeness (QED) is 0.271. The van der Waals surface area contributed by atoms with Gasteiger partial charge in [0.2, 0.25) is 0 Å². The highest BCUT2D eigenvalue weighted by molar-refractivity contribution is 14.0. The van der Waals surface area contributed by atoms with E-state index < -0.39 is 0 Å². The van der Waals surface area contributed by atoms with Gasteiger partial charge in [-0.05, 0) is 36.5 Å². The molecule has 7 nitrogen and oxygen atoms in total. The zero-order valence-electron chi connectivity index (χ0n) is 17.0. The molecule has 1 aromatic carbocycles. The predicted molar refractivity (Wildman–Crippen MR) is 128 cm³/mol. The molecule has 0 unspecified atom stereocenters. The summed E-state index contributed by atoms with van der Waals surface area (Å²) in [4.78, 5) is 12.8. The molecule has 0 amide bonds. The summed E-state index contributed by atoms with van der Waals surface area (Å²) < 4.78 is 7.86. The fourth-order valence-corrected chi connectivity index (χ4v) is 2.94. The summed E-state index contributed by atoms with van der Waals surface area (Å²) in [7, 11) is 1.77. The SMILES string of the molecule is CN=C(NCc1ccc(-n2ccnc2)nc1)NCc1ccccc1OCC1CC1.I. The largest absolute Gasteiger partial charge is 0.493 e. The molecule has 0 aliphatic heterocycles. The van der Waals surface area contributed by atoms with Gasteiger partial charge in [0, 0.05) is 44.3 Å². The van der Waals surface area contributed by atoms with Crippen LogP contribution in [0.2, 0.25) is 0 Å². The predicted octanol–water partition coefficient (Wildman–Crippen LogP) is 3.54.